The van der Waals surface area contributed by atoms with Crippen LogP contribution in [0.5, 0.6) is 0 Å². The summed E-state index contributed by atoms with van der Waals surface area (Å²) in [5.74, 6) is -0.783. The zero-order valence-corrected chi connectivity index (χ0v) is 11.7. The van der Waals surface area contributed by atoms with Gasteiger partial charge in [-0.2, -0.15) is 0 Å². The minimum atomic E-state index is -0.897. The van der Waals surface area contributed by atoms with Gasteiger partial charge < -0.3 is 14.7 Å². The van der Waals surface area contributed by atoms with Crippen molar-refractivity contribution in [3.05, 3.63) is 15.6 Å². The molecule has 1 saturated heterocycles. The largest absolute Gasteiger partial charge is 0.477 e. The Hall–Kier alpha value is -0.980. The predicted molar refractivity (Wildman–Crippen MR) is 69.4 cm³/mol. The Morgan fingerprint density at radius 1 is 1.61 bits per heavy atom. The third kappa shape index (κ3) is 2.71. The number of likely N-dealkylation sites (N-methyl/N-ethyl adjacent to an activating group) is 1. The first-order valence-electron chi connectivity index (χ1n) is 6.03. The number of carboxylic acid groups (broad SMARTS) is 1. The standard InChI is InChI=1S/C12H18N2O3S/c1-7(2)9-10(12(15)16)18-11(13-9)8-6-14(3)4-5-17-8/h7-8H,4-6H2,1-3H3,(H,15,16). The van der Waals surface area contributed by atoms with Crippen LogP contribution in [-0.2, 0) is 4.74 Å². The molecule has 0 aliphatic carbocycles. The molecule has 0 saturated carbocycles. The van der Waals surface area contributed by atoms with Crippen LogP contribution in [0.3, 0.4) is 0 Å². The van der Waals surface area contributed by atoms with E-state index in [-0.39, 0.29) is 12.0 Å². The van der Waals surface area contributed by atoms with Crippen molar-refractivity contribution in [3.63, 3.8) is 0 Å². The summed E-state index contributed by atoms with van der Waals surface area (Å²) in [6, 6.07) is 0. The summed E-state index contributed by atoms with van der Waals surface area (Å²) in [6.07, 6.45) is -0.0978. The van der Waals surface area contributed by atoms with Gasteiger partial charge in [-0.05, 0) is 13.0 Å². The summed E-state index contributed by atoms with van der Waals surface area (Å²) < 4.78 is 5.68. The van der Waals surface area contributed by atoms with Gasteiger partial charge in [0.25, 0.3) is 0 Å². The molecular weight excluding hydrogens is 252 g/mol. The number of aromatic carboxylic acids is 1. The van der Waals surface area contributed by atoms with Gasteiger partial charge in [0, 0.05) is 13.1 Å². The van der Waals surface area contributed by atoms with Crippen LogP contribution in [0.25, 0.3) is 0 Å². The minimum Gasteiger partial charge on any atom is -0.477 e. The first-order chi connectivity index (χ1) is 8.49. The van der Waals surface area contributed by atoms with Gasteiger partial charge in [-0.1, -0.05) is 13.8 Å². The Morgan fingerprint density at radius 3 is 2.83 bits per heavy atom. The van der Waals surface area contributed by atoms with E-state index in [1.54, 1.807) is 0 Å². The molecule has 1 atom stereocenters. The van der Waals surface area contributed by atoms with Gasteiger partial charge >= 0.3 is 5.97 Å². The Bertz CT molecular complexity index is 445. The van der Waals surface area contributed by atoms with Gasteiger partial charge in [0.1, 0.15) is 16.0 Å². The van der Waals surface area contributed by atoms with Crippen LogP contribution in [0.2, 0.25) is 0 Å². The SMILES string of the molecule is CC(C)c1nc(C2CN(C)CCO2)sc1C(=O)O. The summed E-state index contributed by atoms with van der Waals surface area (Å²) in [6.45, 7) is 6.26. The van der Waals surface area contributed by atoms with Gasteiger partial charge in [-0.3, -0.25) is 0 Å². The molecule has 6 heteroatoms. The Balaban J connectivity index is 2.28. The fourth-order valence-electron chi connectivity index (χ4n) is 1.96. The fourth-order valence-corrected chi connectivity index (χ4v) is 3.06. The number of morpholine rings is 1. The first kappa shape index (κ1) is 13.5. The van der Waals surface area contributed by atoms with Gasteiger partial charge in [-0.25, -0.2) is 9.78 Å². The van der Waals surface area contributed by atoms with E-state index in [0.717, 1.165) is 18.1 Å². The molecule has 0 amide bonds. The van der Waals surface area contributed by atoms with Gasteiger partial charge in [0.05, 0.1) is 12.3 Å². The zero-order valence-electron chi connectivity index (χ0n) is 10.8. The topological polar surface area (TPSA) is 62.7 Å². The maximum absolute atomic E-state index is 11.2. The molecule has 100 valence electrons. The molecule has 1 aliphatic rings. The molecule has 0 radical (unpaired) electrons. The lowest BCUT2D eigenvalue weighted by atomic mass is 10.1. The highest BCUT2D eigenvalue weighted by Crippen LogP contribution is 2.31. The van der Waals surface area contributed by atoms with E-state index in [1.165, 1.54) is 11.3 Å². The van der Waals surface area contributed by atoms with Crippen LogP contribution in [-0.4, -0.2) is 47.7 Å². The summed E-state index contributed by atoms with van der Waals surface area (Å²) in [4.78, 5) is 18.2. The van der Waals surface area contributed by atoms with E-state index >= 15 is 0 Å². The highest BCUT2D eigenvalue weighted by Gasteiger charge is 2.27. The molecule has 1 unspecified atom stereocenters. The number of thiazole rings is 1. The van der Waals surface area contributed by atoms with Gasteiger partial charge in [-0.15, -0.1) is 11.3 Å². The average molecular weight is 270 g/mol. The number of nitrogens with zero attached hydrogens (tertiary/aromatic N) is 2. The highest BCUT2D eigenvalue weighted by atomic mass is 32.1. The van der Waals surface area contributed by atoms with Gasteiger partial charge in [0.2, 0.25) is 0 Å². The quantitative estimate of drug-likeness (QED) is 0.909. The molecule has 1 fully saturated rings. The van der Waals surface area contributed by atoms with Crippen molar-refractivity contribution >= 4 is 17.3 Å². The number of carbonyl (C=O) groups is 1. The first-order valence-corrected chi connectivity index (χ1v) is 6.84. The third-order valence-electron chi connectivity index (χ3n) is 2.96. The average Bonchev–Trinajstić information content (AvgIpc) is 2.73. The molecule has 1 N–H and O–H groups in total. The van der Waals surface area contributed by atoms with Crippen LogP contribution in [0.15, 0.2) is 0 Å². The second-order valence-corrected chi connectivity index (χ2v) is 5.88. The van der Waals surface area contributed by atoms with E-state index in [9.17, 15) is 9.90 Å². The van der Waals surface area contributed by atoms with Crippen molar-refractivity contribution < 1.29 is 14.6 Å². The maximum atomic E-state index is 11.2. The highest BCUT2D eigenvalue weighted by molar-refractivity contribution is 7.13. The molecule has 0 spiro atoms. The van der Waals surface area contributed by atoms with Crippen molar-refractivity contribution in [3.8, 4) is 0 Å². The molecule has 1 aromatic rings. The lowest BCUT2D eigenvalue weighted by molar-refractivity contribution is -0.0210. The summed E-state index contributed by atoms with van der Waals surface area (Å²) >= 11 is 1.24. The normalized spacial score (nSPS) is 21.4. The second kappa shape index (κ2) is 5.34. The molecule has 2 rings (SSSR count). The van der Waals surface area contributed by atoms with Crippen LogP contribution in [0.1, 0.15) is 46.2 Å². The van der Waals surface area contributed by atoms with Crippen LogP contribution < -0.4 is 0 Å². The Morgan fingerprint density at radius 2 is 2.33 bits per heavy atom. The molecule has 0 aromatic carbocycles. The molecule has 2 heterocycles. The number of hydrogen-bond acceptors (Lipinski definition) is 5. The van der Waals surface area contributed by atoms with Crippen molar-refractivity contribution in [2.45, 2.75) is 25.9 Å². The number of ether oxygens (including phenoxy) is 1. The van der Waals surface area contributed by atoms with Crippen LogP contribution in [0, 0.1) is 0 Å². The number of carboxylic acids is 1. The van der Waals surface area contributed by atoms with Crippen molar-refractivity contribution in [2.75, 3.05) is 26.7 Å². The molecule has 1 aromatic heterocycles. The third-order valence-corrected chi connectivity index (χ3v) is 4.11. The molecule has 0 bridgehead atoms. The molecule has 18 heavy (non-hydrogen) atoms. The van der Waals surface area contributed by atoms with Crippen molar-refractivity contribution in [2.24, 2.45) is 0 Å². The van der Waals surface area contributed by atoms with Crippen molar-refractivity contribution in [1.29, 1.82) is 0 Å². The van der Waals surface area contributed by atoms with E-state index in [0.29, 0.717) is 17.2 Å². The lowest BCUT2D eigenvalue weighted by Gasteiger charge is -2.28. The van der Waals surface area contributed by atoms with E-state index in [4.69, 9.17) is 4.74 Å². The Kier molecular flexibility index (Phi) is 3.99. The summed E-state index contributed by atoms with van der Waals surface area (Å²) in [5, 5.41) is 9.98. The number of rotatable bonds is 3. The summed E-state index contributed by atoms with van der Waals surface area (Å²) in [5.41, 5.74) is 0.666. The minimum absolute atomic E-state index is 0.0978. The van der Waals surface area contributed by atoms with E-state index in [2.05, 4.69) is 9.88 Å². The van der Waals surface area contributed by atoms with Crippen molar-refractivity contribution in [1.82, 2.24) is 9.88 Å². The summed E-state index contributed by atoms with van der Waals surface area (Å²) in [7, 11) is 2.03. The van der Waals surface area contributed by atoms with E-state index in [1.807, 2.05) is 20.9 Å². The molecular formula is C12H18N2O3S. The number of hydrogen-bond donors (Lipinski definition) is 1. The monoisotopic (exact) mass is 270 g/mol. The fraction of sp³-hybridized carbons (Fsp3) is 0.667. The second-order valence-electron chi connectivity index (χ2n) is 4.85. The van der Waals surface area contributed by atoms with Crippen LogP contribution >= 0.6 is 11.3 Å². The predicted octanol–water partition coefficient (Wildman–Crippen LogP) is 1.97. The van der Waals surface area contributed by atoms with Crippen LogP contribution in [0.4, 0.5) is 0 Å². The maximum Gasteiger partial charge on any atom is 0.347 e. The molecule has 1 aliphatic heterocycles. The van der Waals surface area contributed by atoms with E-state index < -0.39 is 5.97 Å². The smallest absolute Gasteiger partial charge is 0.347 e. The lowest BCUT2D eigenvalue weighted by Crippen LogP contribution is -2.35. The molecule has 5 nitrogen and oxygen atoms in total. The number of aromatic nitrogens is 1. The van der Waals surface area contributed by atoms with Gasteiger partial charge in [0.15, 0.2) is 0 Å². The Labute approximate surface area is 110 Å². The zero-order chi connectivity index (χ0) is 13.3.